The first-order valence-electron chi connectivity index (χ1n) is 6.33. The normalized spacial score (nSPS) is 10.5. The molecule has 3 aromatic rings. The van der Waals surface area contributed by atoms with Crippen molar-refractivity contribution in [1.29, 1.82) is 0 Å². The lowest BCUT2D eigenvalue weighted by molar-refractivity contribution is 0.0737. The van der Waals surface area contributed by atoms with Gasteiger partial charge in [0.2, 0.25) is 0 Å². The van der Waals surface area contributed by atoms with Gasteiger partial charge in [0.1, 0.15) is 11.5 Å². The summed E-state index contributed by atoms with van der Waals surface area (Å²) in [6.07, 6.45) is 0. The fourth-order valence-electron chi connectivity index (χ4n) is 2.11. The summed E-state index contributed by atoms with van der Waals surface area (Å²) in [5, 5.41) is 11.3. The quantitative estimate of drug-likeness (QED) is 0.563. The summed E-state index contributed by atoms with van der Waals surface area (Å²) in [7, 11) is 0. The highest BCUT2D eigenvalue weighted by molar-refractivity contribution is 6.33. The van der Waals surface area contributed by atoms with Gasteiger partial charge in [-0.25, -0.2) is 4.79 Å². The van der Waals surface area contributed by atoms with Crippen LogP contribution in [0.2, 0.25) is 5.02 Å². The summed E-state index contributed by atoms with van der Waals surface area (Å²) in [4.78, 5) is 12.2. The number of esters is 1. The minimum atomic E-state index is -0.559. The second-order valence-corrected chi connectivity index (χ2v) is 4.94. The van der Waals surface area contributed by atoms with Crippen molar-refractivity contribution < 1.29 is 14.6 Å². The number of benzene rings is 3. The van der Waals surface area contributed by atoms with Crippen LogP contribution < -0.4 is 4.74 Å². The molecule has 0 saturated carbocycles. The second-order valence-electron chi connectivity index (χ2n) is 4.53. The van der Waals surface area contributed by atoms with Gasteiger partial charge < -0.3 is 9.84 Å². The second kappa shape index (κ2) is 5.46. The van der Waals surface area contributed by atoms with Crippen LogP contribution in [0, 0.1) is 0 Å². The molecule has 3 aromatic carbocycles. The predicted molar refractivity (Wildman–Crippen MR) is 82.0 cm³/mol. The molecule has 0 amide bonds. The number of ether oxygens (including phenoxy) is 1. The number of carbonyl (C=O) groups is 1. The number of hydrogen-bond acceptors (Lipinski definition) is 3. The van der Waals surface area contributed by atoms with Crippen molar-refractivity contribution in [2.75, 3.05) is 0 Å². The zero-order valence-electron chi connectivity index (χ0n) is 10.9. The highest BCUT2D eigenvalue weighted by atomic mass is 35.5. The largest absolute Gasteiger partial charge is 0.508 e. The van der Waals surface area contributed by atoms with E-state index in [1.54, 1.807) is 6.07 Å². The molecule has 21 heavy (non-hydrogen) atoms. The van der Waals surface area contributed by atoms with Crippen LogP contribution in [0.4, 0.5) is 0 Å². The topological polar surface area (TPSA) is 46.5 Å². The highest BCUT2D eigenvalue weighted by Gasteiger charge is 2.14. The maximum atomic E-state index is 12.2. The van der Waals surface area contributed by atoms with Gasteiger partial charge in [0, 0.05) is 5.39 Å². The van der Waals surface area contributed by atoms with E-state index in [1.807, 2.05) is 36.4 Å². The van der Waals surface area contributed by atoms with E-state index in [9.17, 15) is 9.90 Å². The van der Waals surface area contributed by atoms with E-state index in [-0.39, 0.29) is 16.3 Å². The van der Waals surface area contributed by atoms with Gasteiger partial charge in [0.05, 0.1) is 10.6 Å². The van der Waals surface area contributed by atoms with E-state index in [1.165, 1.54) is 18.2 Å². The summed E-state index contributed by atoms with van der Waals surface area (Å²) in [6, 6.07) is 17.3. The van der Waals surface area contributed by atoms with Crippen molar-refractivity contribution in [3.05, 3.63) is 71.2 Å². The molecule has 0 aliphatic heterocycles. The Morgan fingerprint density at radius 3 is 2.57 bits per heavy atom. The Kier molecular flexibility index (Phi) is 3.50. The van der Waals surface area contributed by atoms with E-state index in [4.69, 9.17) is 16.3 Å². The molecule has 0 bridgehead atoms. The SMILES string of the molecule is O=C(Oc1cccc2ccccc12)c1ccc(O)cc1Cl. The number of phenolic OH excluding ortho intramolecular Hbond substituents is 1. The van der Waals surface area contributed by atoms with Crippen LogP contribution in [0.15, 0.2) is 60.7 Å². The zero-order chi connectivity index (χ0) is 14.8. The summed E-state index contributed by atoms with van der Waals surface area (Å²) in [6.45, 7) is 0. The lowest BCUT2D eigenvalue weighted by Crippen LogP contribution is -2.09. The van der Waals surface area contributed by atoms with Crippen molar-refractivity contribution in [2.24, 2.45) is 0 Å². The highest BCUT2D eigenvalue weighted by Crippen LogP contribution is 2.28. The summed E-state index contributed by atoms with van der Waals surface area (Å²) in [5.41, 5.74) is 0.211. The number of phenols is 1. The van der Waals surface area contributed by atoms with Crippen LogP contribution in [-0.2, 0) is 0 Å². The standard InChI is InChI=1S/C17H11ClO3/c18-15-10-12(19)8-9-14(15)17(20)21-16-7-3-5-11-4-1-2-6-13(11)16/h1-10,19H. The lowest BCUT2D eigenvalue weighted by atomic mass is 10.1. The molecule has 0 aromatic heterocycles. The molecule has 4 heteroatoms. The van der Waals surface area contributed by atoms with Gasteiger partial charge >= 0.3 is 5.97 Å². The molecule has 3 nitrogen and oxygen atoms in total. The van der Waals surface area contributed by atoms with Crippen molar-refractivity contribution in [1.82, 2.24) is 0 Å². The molecule has 0 spiro atoms. The van der Waals surface area contributed by atoms with Crippen LogP contribution >= 0.6 is 11.6 Å². The minimum Gasteiger partial charge on any atom is -0.508 e. The number of halogens is 1. The fraction of sp³-hybridized carbons (Fsp3) is 0. The van der Waals surface area contributed by atoms with Gasteiger partial charge in [0.25, 0.3) is 0 Å². The van der Waals surface area contributed by atoms with Crippen LogP contribution in [0.3, 0.4) is 0 Å². The number of hydrogen-bond donors (Lipinski definition) is 1. The molecule has 0 aliphatic rings. The molecule has 0 heterocycles. The van der Waals surface area contributed by atoms with E-state index in [0.29, 0.717) is 5.75 Å². The lowest BCUT2D eigenvalue weighted by Gasteiger charge is -2.08. The van der Waals surface area contributed by atoms with Gasteiger partial charge in [-0.1, -0.05) is 48.0 Å². The molecule has 0 radical (unpaired) electrons. The Bertz CT molecular complexity index is 822. The Labute approximate surface area is 126 Å². The number of carbonyl (C=O) groups excluding carboxylic acids is 1. The van der Waals surface area contributed by atoms with E-state index >= 15 is 0 Å². The molecule has 3 rings (SSSR count). The van der Waals surface area contributed by atoms with Crippen molar-refractivity contribution in [3.8, 4) is 11.5 Å². The smallest absolute Gasteiger partial charge is 0.345 e. The maximum Gasteiger partial charge on any atom is 0.345 e. The Balaban J connectivity index is 1.97. The third-order valence-electron chi connectivity index (χ3n) is 3.12. The molecule has 0 aliphatic carbocycles. The van der Waals surface area contributed by atoms with Gasteiger partial charge in [-0.05, 0) is 29.7 Å². The third kappa shape index (κ3) is 2.69. The van der Waals surface area contributed by atoms with Crippen LogP contribution in [0.5, 0.6) is 11.5 Å². The Morgan fingerprint density at radius 1 is 1.00 bits per heavy atom. The van der Waals surface area contributed by atoms with Crippen molar-refractivity contribution >= 4 is 28.3 Å². The van der Waals surface area contributed by atoms with Crippen LogP contribution in [0.25, 0.3) is 10.8 Å². The molecule has 0 unspecified atom stereocenters. The maximum absolute atomic E-state index is 12.2. The van der Waals surface area contributed by atoms with Crippen LogP contribution in [0.1, 0.15) is 10.4 Å². The molecule has 104 valence electrons. The molecule has 0 atom stereocenters. The van der Waals surface area contributed by atoms with Gasteiger partial charge in [-0.15, -0.1) is 0 Å². The van der Waals surface area contributed by atoms with E-state index < -0.39 is 5.97 Å². The number of fused-ring (bicyclic) bond motifs is 1. The van der Waals surface area contributed by atoms with Crippen molar-refractivity contribution in [2.45, 2.75) is 0 Å². The molecule has 1 N–H and O–H groups in total. The van der Waals surface area contributed by atoms with E-state index in [2.05, 4.69) is 0 Å². The van der Waals surface area contributed by atoms with Crippen molar-refractivity contribution in [3.63, 3.8) is 0 Å². The average molecular weight is 299 g/mol. The molecular weight excluding hydrogens is 288 g/mol. The minimum absolute atomic E-state index is 0.00158. The third-order valence-corrected chi connectivity index (χ3v) is 3.44. The molecule has 0 saturated heterocycles. The molecule has 0 fully saturated rings. The summed E-state index contributed by atoms with van der Waals surface area (Å²) < 4.78 is 5.43. The number of rotatable bonds is 2. The van der Waals surface area contributed by atoms with Gasteiger partial charge in [-0.2, -0.15) is 0 Å². The monoisotopic (exact) mass is 298 g/mol. The van der Waals surface area contributed by atoms with Crippen LogP contribution in [-0.4, -0.2) is 11.1 Å². The summed E-state index contributed by atoms with van der Waals surface area (Å²) >= 11 is 5.95. The first kappa shape index (κ1) is 13.5. The number of aromatic hydroxyl groups is 1. The van der Waals surface area contributed by atoms with Gasteiger partial charge in [-0.3, -0.25) is 0 Å². The Hall–Kier alpha value is -2.52. The fourth-order valence-corrected chi connectivity index (χ4v) is 2.36. The first-order valence-corrected chi connectivity index (χ1v) is 6.71. The first-order chi connectivity index (χ1) is 10.1. The Morgan fingerprint density at radius 2 is 1.76 bits per heavy atom. The average Bonchev–Trinajstić information content (AvgIpc) is 2.47. The molecular formula is C17H11ClO3. The zero-order valence-corrected chi connectivity index (χ0v) is 11.7. The predicted octanol–water partition coefficient (Wildman–Crippen LogP) is 4.42. The van der Waals surface area contributed by atoms with E-state index in [0.717, 1.165) is 10.8 Å². The summed E-state index contributed by atoms with van der Waals surface area (Å²) in [5.74, 6) is -0.0831. The van der Waals surface area contributed by atoms with Gasteiger partial charge in [0.15, 0.2) is 0 Å².